The molecule has 2 N–H and O–H groups in total. The largest absolute Gasteiger partial charge is 0.490 e. The minimum atomic E-state index is -3.87. The Kier molecular flexibility index (Phi) is 5.72. The number of nitrogens with zero attached hydrogens (tertiary/aromatic N) is 2. The van der Waals surface area contributed by atoms with Crippen molar-refractivity contribution >= 4 is 38.1 Å². The van der Waals surface area contributed by atoms with Crippen molar-refractivity contribution in [2.45, 2.75) is 49.5 Å². The second-order valence-corrected chi connectivity index (χ2v) is 8.76. The van der Waals surface area contributed by atoms with Gasteiger partial charge in [0.2, 0.25) is 11.0 Å². The smallest absolute Gasteiger partial charge is 0.291 e. The Morgan fingerprint density at radius 3 is 2.58 bits per heavy atom. The molecule has 0 unspecified atom stereocenters. The highest BCUT2D eigenvalue weighted by atomic mass is 32.2. The van der Waals surface area contributed by atoms with Crippen molar-refractivity contribution in [2.75, 3.05) is 10.0 Å². The summed E-state index contributed by atoms with van der Waals surface area (Å²) in [6, 6.07) is 6.76. The van der Waals surface area contributed by atoms with Crippen LogP contribution in [0.4, 0.5) is 10.8 Å². The van der Waals surface area contributed by atoms with Crippen LogP contribution in [0.3, 0.4) is 0 Å². The molecule has 0 radical (unpaired) electrons. The second kappa shape index (κ2) is 8.00. The van der Waals surface area contributed by atoms with E-state index in [0.29, 0.717) is 5.69 Å². The zero-order valence-corrected chi connectivity index (χ0v) is 15.9. The van der Waals surface area contributed by atoms with Gasteiger partial charge in [-0.1, -0.05) is 18.3 Å². The van der Waals surface area contributed by atoms with Gasteiger partial charge in [0.1, 0.15) is 5.75 Å². The van der Waals surface area contributed by atoms with Crippen molar-refractivity contribution in [1.29, 1.82) is 0 Å². The van der Waals surface area contributed by atoms with Gasteiger partial charge in [0.25, 0.3) is 14.4 Å². The molecule has 140 valence electrons. The van der Waals surface area contributed by atoms with Crippen LogP contribution < -0.4 is 14.8 Å². The quantitative estimate of drug-likeness (QED) is 0.696. The minimum Gasteiger partial charge on any atom is -0.490 e. The van der Waals surface area contributed by atoms with Gasteiger partial charge < -0.3 is 10.1 Å². The van der Waals surface area contributed by atoms with E-state index in [9.17, 15) is 13.2 Å². The third-order valence-corrected chi connectivity index (χ3v) is 6.50. The molecular weight excluding hydrogens is 376 g/mol. The van der Waals surface area contributed by atoms with E-state index < -0.39 is 10.0 Å². The summed E-state index contributed by atoms with van der Waals surface area (Å²) in [5, 5.41) is 9.95. The number of benzene rings is 1. The molecular formula is C16H20N4O4S2. The average molecular weight is 396 g/mol. The lowest BCUT2D eigenvalue weighted by Crippen LogP contribution is -2.13. The summed E-state index contributed by atoms with van der Waals surface area (Å²) < 4.78 is 32.9. The number of aromatic nitrogens is 2. The maximum atomic E-state index is 12.4. The normalized spacial score (nSPS) is 15.0. The Morgan fingerprint density at radius 1 is 1.23 bits per heavy atom. The van der Waals surface area contributed by atoms with E-state index in [1.54, 1.807) is 31.2 Å². The Labute approximate surface area is 156 Å². The van der Waals surface area contributed by atoms with Gasteiger partial charge >= 0.3 is 0 Å². The summed E-state index contributed by atoms with van der Waals surface area (Å²) in [6.45, 7) is 1.69. The first-order valence-electron chi connectivity index (χ1n) is 8.39. The zero-order valence-electron chi connectivity index (χ0n) is 14.3. The lowest BCUT2D eigenvalue weighted by Gasteiger charge is -2.13. The molecule has 0 spiro atoms. The Bertz CT molecular complexity index is 859. The third kappa shape index (κ3) is 4.70. The van der Waals surface area contributed by atoms with Crippen molar-refractivity contribution in [1.82, 2.24) is 10.2 Å². The number of anilines is 2. The number of ether oxygens (including phenoxy) is 1. The highest BCUT2D eigenvalue weighted by Crippen LogP contribution is 2.26. The molecule has 1 fully saturated rings. The molecule has 3 rings (SSSR count). The fourth-order valence-electron chi connectivity index (χ4n) is 2.58. The number of amides is 1. The van der Waals surface area contributed by atoms with Gasteiger partial charge in [-0.2, -0.15) is 8.42 Å². The van der Waals surface area contributed by atoms with E-state index in [-0.39, 0.29) is 27.9 Å². The molecule has 1 aromatic heterocycles. The lowest BCUT2D eigenvalue weighted by molar-refractivity contribution is -0.115. The third-order valence-electron chi connectivity index (χ3n) is 3.92. The number of sulfonamides is 1. The number of hydrogen-bond acceptors (Lipinski definition) is 7. The van der Waals surface area contributed by atoms with Crippen LogP contribution in [0.25, 0.3) is 0 Å². The molecule has 1 aliphatic rings. The van der Waals surface area contributed by atoms with E-state index in [2.05, 4.69) is 20.2 Å². The van der Waals surface area contributed by atoms with Gasteiger partial charge in [0.05, 0.1) is 6.10 Å². The van der Waals surface area contributed by atoms with E-state index in [1.165, 1.54) is 12.8 Å². The molecule has 1 saturated carbocycles. The fourth-order valence-corrected chi connectivity index (χ4v) is 4.55. The van der Waals surface area contributed by atoms with Crippen LogP contribution in [-0.4, -0.2) is 30.6 Å². The van der Waals surface area contributed by atoms with Crippen molar-refractivity contribution in [2.24, 2.45) is 0 Å². The van der Waals surface area contributed by atoms with E-state index in [1.807, 2.05) is 0 Å². The van der Waals surface area contributed by atoms with Gasteiger partial charge in [0, 0.05) is 12.1 Å². The zero-order chi connectivity index (χ0) is 18.6. The Balaban J connectivity index is 1.64. The maximum absolute atomic E-state index is 12.4. The summed E-state index contributed by atoms with van der Waals surface area (Å²) >= 11 is 0.798. The summed E-state index contributed by atoms with van der Waals surface area (Å²) in [6.07, 6.45) is 5.01. The molecule has 0 bridgehead atoms. The van der Waals surface area contributed by atoms with Gasteiger partial charge in [-0.25, -0.2) is 0 Å². The Morgan fingerprint density at radius 2 is 1.92 bits per heavy atom. The van der Waals surface area contributed by atoms with E-state index >= 15 is 0 Å². The van der Waals surface area contributed by atoms with E-state index in [4.69, 9.17) is 4.74 Å². The van der Waals surface area contributed by atoms with Crippen LogP contribution in [0, 0.1) is 0 Å². The van der Waals surface area contributed by atoms with Gasteiger partial charge in [-0.15, -0.1) is 10.2 Å². The van der Waals surface area contributed by atoms with Crippen LogP contribution in [0.5, 0.6) is 5.75 Å². The van der Waals surface area contributed by atoms with Crippen molar-refractivity contribution < 1.29 is 17.9 Å². The number of carbonyl (C=O) groups is 1. The molecule has 0 atom stereocenters. The van der Waals surface area contributed by atoms with Crippen LogP contribution in [0.15, 0.2) is 28.6 Å². The average Bonchev–Trinajstić information content (AvgIpc) is 3.28. The van der Waals surface area contributed by atoms with Crippen LogP contribution in [0.2, 0.25) is 0 Å². The lowest BCUT2D eigenvalue weighted by atomic mass is 10.3. The number of carbonyl (C=O) groups excluding carboxylic acids is 1. The van der Waals surface area contributed by atoms with Crippen LogP contribution in [0.1, 0.15) is 39.0 Å². The molecule has 10 heteroatoms. The van der Waals surface area contributed by atoms with Gasteiger partial charge in [-0.3, -0.25) is 9.52 Å². The predicted molar refractivity (Wildman–Crippen MR) is 99.0 cm³/mol. The van der Waals surface area contributed by atoms with Crippen molar-refractivity contribution in [3.05, 3.63) is 24.3 Å². The fraction of sp³-hybridized carbons (Fsp3) is 0.438. The van der Waals surface area contributed by atoms with E-state index in [0.717, 1.165) is 29.9 Å². The molecule has 0 aliphatic heterocycles. The first-order chi connectivity index (χ1) is 12.5. The van der Waals surface area contributed by atoms with Gasteiger partial charge in [-0.05, 0) is 49.9 Å². The molecule has 8 nitrogen and oxygen atoms in total. The SMILES string of the molecule is CCC(=O)Nc1nnc(S(=O)(=O)Nc2ccc(OC3CCCC3)cc2)s1. The summed E-state index contributed by atoms with van der Waals surface area (Å²) in [4.78, 5) is 11.3. The molecule has 1 amide bonds. The molecule has 2 aromatic rings. The number of hydrogen-bond donors (Lipinski definition) is 2. The summed E-state index contributed by atoms with van der Waals surface area (Å²) in [7, 11) is -3.87. The highest BCUT2D eigenvalue weighted by Gasteiger charge is 2.21. The molecule has 0 saturated heterocycles. The molecule has 1 aromatic carbocycles. The summed E-state index contributed by atoms with van der Waals surface area (Å²) in [5.41, 5.74) is 0.401. The molecule has 26 heavy (non-hydrogen) atoms. The van der Waals surface area contributed by atoms with Crippen molar-refractivity contribution in [3.8, 4) is 5.75 Å². The van der Waals surface area contributed by atoms with Crippen LogP contribution >= 0.6 is 11.3 Å². The number of rotatable bonds is 7. The first-order valence-corrected chi connectivity index (χ1v) is 10.7. The molecule has 1 aliphatic carbocycles. The van der Waals surface area contributed by atoms with Gasteiger partial charge in [0.15, 0.2) is 0 Å². The highest BCUT2D eigenvalue weighted by molar-refractivity contribution is 7.94. The standard InChI is InChI=1S/C16H20N4O4S2/c1-2-14(21)17-15-18-19-16(25-15)26(22,23)20-11-7-9-13(10-8-11)24-12-5-3-4-6-12/h7-10,12,20H,2-6H2,1H3,(H,17,18,21). The molecule has 1 heterocycles. The minimum absolute atomic E-state index is 0.150. The van der Waals surface area contributed by atoms with Crippen LogP contribution in [-0.2, 0) is 14.8 Å². The first kappa shape index (κ1) is 18.6. The van der Waals surface area contributed by atoms with Crippen molar-refractivity contribution in [3.63, 3.8) is 0 Å². The Hall–Kier alpha value is -2.20. The second-order valence-electron chi connectivity index (χ2n) is 5.93. The number of nitrogens with one attached hydrogen (secondary N) is 2. The monoisotopic (exact) mass is 396 g/mol. The topological polar surface area (TPSA) is 110 Å². The maximum Gasteiger partial charge on any atom is 0.291 e. The summed E-state index contributed by atoms with van der Waals surface area (Å²) in [5.74, 6) is 0.469. The predicted octanol–water partition coefficient (Wildman–Crippen LogP) is 3.01.